The van der Waals surface area contributed by atoms with E-state index in [-0.39, 0.29) is 28.1 Å². The molecule has 1 atom stereocenters. The Balaban J connectivity index is 1.74. The molecule has 0 spiro atoms. The lowest BCUT2D eigenvalue weighted by Gasteiger charge is -2.28. The van der Waals surface area contributed by atoms with E-state index in [2.05, 4.69) is 41.5 Å². The molecule has 1 fully saturated rings. The van der Waals surface area contributed by atoms with Gasteiger partial charge in [-0.2, -0.15) is 0 Å². The molecular weight excluding hydrogens is 444 g/mol. The highest BCUT2D eigenvalue weighted by Crippen LogP contribution is 2.42. The second-order valence-corrected chi connectivity index (χ2v) is 11.8. The van der Waals surface area contributed by atoms with Crippen molar-refractivity contribution in [3.8, 4) is 22.8 Å². The first kappa shape index (κ1) is 25.3. The first-order valence-corrected chi connectivity index (χ1v) is 12.0. The Morgan fingerprint density at radius 2 is 1.63 bits per heavy atom. The second kappa shape index (κ2) is 8.68. The van der Waals surface area contributed by atoms with Crippen molar-refractivity contribution < 1.29 is 23.7 Å². The van der Waals surface area contributed by atoms with Crippen LogP contribution in [0.5, 0.6) is 11.5 Å². The van der Waals surface area contributed by atoms with E-state index in [1.165, 1.54) is 6.07 Å². The van der Waals surface area contributed by atoms with Crippen molar-refractivity contribution in [1.29, 1.82) is 0 Å². The zero-order valence-electron chi connectivity index (χ0n) is 21.9. The van der Waals surface area contributed by atoms with Crippen LogP contribution in [0.15, 0.2) is 45.6 Å². The van der Waals surface area contributed by atoms with Crippen molar-refractivity contribution in [3.05, 3.63) is 57.7 Å². The monoisotopic (exact) mass is 480 g/mol. The Bertz CT molecular complexity index is 1270. The van der Waals surface area contributed by atoms with E-state index in [0.29, 0.717) is 35.7 Å². The number of hydrogen-bond acceptors (Lipinski definition) is 6. The molecule has 2 heterocycles. The zero-order chi connectivity index (χ0) is 25.8. The molecule has 1 N–H and O–H groups in total. The summed E-state index contributed by atoms with van der Waals surface area (Å²) >= 11 is 0. The van der Waals surface area contributed by atoms with E-state index in [0.717, 1.165) is 16.7 Å². The van der Waals surface area contributed by atoms with Crippen molar-refractivity contribution in [2.75, 3.05) is 13.2 Å². The highest BCUT2D eigenvalue weighted by Gasteiger charge is 2.33. The van der Waals surface area contributed by atoms with Crippen LogP contribution in [0.2, 0.25) is 0 Å². The van der Waals surface area contributed by atoms with E-state index in [1.807, 2.05) is 26.0 Å². The fraction of sp³-hybridized carbons (Fsp3) is 0.483. The van der Waals surface area contributed by atoms with Gasteiger partial charge in [0.15, 0.2) is 11.2 Å². The van der Waals surface area contributed by atoms with Crippen LogP contribution in [0.3, 0.4) is 0 Å². The average Bonchev–Trinajstić information content (AvgIpc) is 3.09. The van der Waals surface area contributed by atoms with Crippen LogP contribution in [-0.4, -0.2) is 30.2 Å². The highest BCUT2D eigenvalue weighted by molar-refractivity contribution is 5.80. The van der Waals surface area contributed by atoms with Gasteiger partial charge >= 0.3 is 0 Å². The predicted molar refractivity (Wildman–Crippen MR) is 137 cm³/mol. The molecule has 6 nitrogen and oxygen atoms in total. The smallest absolute Gasteiger partial charge is 0.193 e. The van der Waals surface area contributed by atoms with Gasteiger partial charge in [0.05, 0.1) is 12.0 Å². The van der Waals surface area contributed by atoms with Crippen LogP contribution in [0.1, 0.15) is 66.5 Å². The number of phenolic OH excluding ortho intramolecular Hbond substituents is 1. The maximum Gasteiger partial charge on any atom is 0.193 e. The Hall–Kier alpha value is -2.83. The SMILES string of the molecule is CC1(C)OCC(COc2ccc3c(=O)cc(-c4cc(C(C)(C)C)c(O)c(C(C)(C)C)c4)oc3c2)O1. The maximum absolute atomic E-state index is 13.0. The first-order chi connectivity index (χ1) is 16.1. The summed E-state index contributed by atoms with van der Waals surface area (Å²) < 4.78 is 23.5. The topological polar surface area (TPSA) is 78.1 Å². The summed E-state index contributed by atoms with van der Waals surface area (Å²) in [5, 5.41) is 11.5. The van der Waals surface area contributed by atoms with Crippen molar-refractivity contribution in [2.45, 2.75) is 78.1 Å². The van der Waals surface area contributed by atoms with Gasteiger partial charge in [0.1, 0.15) is 35.6 Å². The third-order valence-corrected chi connectivity index (χ3v) is 6.21. The molecule has 188 valence electrons. The van der Waals surface area contributed by atoms with E-state index in [1.54, 1.807) is 18.2 Å². The molecule has 1 saturated heterocycles. The molecule has 2 aromatic carbocycles. The summed E-state index contributed by atoms with van der Waals surface area (Å²) in [6.45, 7) is 16.9. The van der Waals surface area contributed by atoms with Crippen LogP contribution in [0.25, 0.3) is 22.3 Å². The third-order valence-electron chi connectivity index (χ3n) is 6.21. The van der Waals surface area contributed by atoms with Gasteiger partial charge in [0.25, 0.3) is 0 Å². The highest BCUT2D eigenvalue weighted by atomic mass is 16.7. The Morgan fingerprint density at radius 1 is 1.00 bits per heavy atom. The van der Waals surface area contributed by atoms with E-state index in [4.69, 9.17) is 18.6 Å². The summed E-state index contributed by atoms with van der Waals surface area (Å²) in [6, 6.07) is 10.5. The number of fused-ring (bicyclic) bond motifs is 1. The van der Waals surface area contributed by atoms with Crippen molar-refractivity contribution in [3.63, 3.8) is 0 Å². The fourth-order valence-corrected chi connectivity index (χ4v) is 4.32. The number of aromatic hydroxyl groups is 1. The van der Waals surface area contributed by atoms with Crippen LogP contribution in [0, 0.1) is 0 Å². The minimum Gasteiger partial charge on any atom is -0.507 e. The zero-order valence-corrected chi connectivity index (χ0v) is 21.9. The van der Waals surface area contributed by atoms with Gasteiger partial charge in [0, 0.05) is 28.8 Å². The number of hydrogen-bond donors (Lipinski definition) is 1. The molecular formula is C29H36O6. The van der Waals surface area contributed by atoms with Gasteiger partial charge in [-0.15, -0.1) is 0 Å². The summed E-state index contributed by atoms with van der Waals surface area (Å²) in [5.74, 6) is 0.711. The molecule has 1 aromatic heterocycles. The molecule has 6 heteroatoms. The number of phenols is 1. The van der Waals surface area contributed by atoms with Crippen molar-refractivity contribution in [1.82, 2.24) is 0 Å². The fourth-order valence-electron chi connectivity index (χ4n) is 4.32. The standard InChI is InChI=1S/C29H36O6/c1-27(2,3)21-11-17(12-22(26(21)31)28(4,5)6)24-14-23(30)20-10-9-18(13-25(20)34-24)32-15-19-16-33-29(7,8)35-19/h9-14,19,31H,15-16H2,1-8H3. The molecule has 0 saturated carbocycles. The molecule has 1 aliphatic heterocycles. The molecule has 35 heavy (non-hydrogen) atoms. The minimum absolute atomic E-state index is 0.134. The molecule has 0 bridgehead atoms. The van der Waals surface area contributed by atoms with Gasteiger partial charge in [0.2, 0.25) is 0 Å². The number of rotatable bonds is 4. The van der Waals surface area contributed by atoms with E-state index >= 15 is 0 Å². The lowest BCUT2D eigenvalue weighted by Crippen LogP contribution is -2.25. The van der Waals surface area contributed by atoms with Gasteiger partial charge in [-0.3, -0.25) is 4.79 Å². The van der Waals surface area contributed by atoms with Crippen LogP contribution in [0.4, 0.5) is 0 Å². The quantitative estimate of drug-likeness (QED) is 0.473. The average molecular weight is 481 g/mol. The van der Waals surface area contributed by atoms with E-state index < -0.39 is 5.79 Å². The lowest BCUT2D eigenvalue weighted by molar-refractivity contribution is -0.141. The molecule has 0 radical (unpaired) electrons. The Labute approximate surface area is 206 Å². The summed E-state index contributed by atoms with van der Waals surface area (Å²) in [6.07, 6.45) is -0.164. The minimum atomic E-state index is -0.610. The van der Waals surface area contributed by atoms with Crippen LogP contribution < -0.4 is 10.2 Å². The van der Waals surface area contributed by atoms with Crippen molar-refractivity contribution >= 4 is 11.0 Å². The summed E-state index contributed by atoms with van der Waals surface area (Å²) in [4.78, 5) is 13.0. The molecule has 0 amide bonds. The molecule has 1 aliphatic rings. The van der Waals surface area contributed by atoms with Crippen molar-refractivity contribution in [2.24, 2.45) is 0 Å². The maximum atomic E-state index is 13.0. The van der Waals surface area contributed by atoms with Gasteiger partial charge in [-0.05, 0) is 48.9 Å². The largest absolute Gasteiger partial charge is 0.507 e. The summed E-state index contributed by atoms with van der Waals surface area (Å²) in [7, 11) is 0. The molecule has 1 unspecified atom stereocenters. The summed E-state index contributed by atoms with van der Waals surface area (Å²) in [5.41, 5.74) is 2.09. The molecule has 0 aliphatic carbocycles. The van der Waals surface area contributed by atoms with E-state index in [9.17, 15) is 9.90 Å². The normalized spacial score (nSPS) is 18.2. The van der Waals surface area contributed by atoms with Gasteiger partial charge in [-0.1, -0.05) is 41.5 Å². The van der Waals surface area contributed by atoms with Gasteiger partial charge < -0.3 is 23.7 Å². The molecule has 3 aromatic rings. The lowest BCUT2D eigenvalue weighted by atomic mass is 9.78. The molecule has 4 rings (SSSR count). The Kier molecular flexibility index (Phi) is 6.27. The number of ether oxygens (including phenoxy) is 3. The third kappa shape index (κ3) is 5.39. The predicted octanol–water partition coefficient (Wildman–Crippen LogP) is 6.29. The first-order valence-electron chi connectivity index (χ1n) is 12.0. The van der Waals surface area contributed by atoms with Crippen LogP contribution >= 0.6 is 0 Å². The Morgan fingerprint density at radius 3 is 2.17 bits per heavy atom. The number of benzene rings is 2. The second-order valence-electron chi connectivity index (χ2n) is 11.8. The van der Waals surface area contributed by atoms with Crippen LogP contribution in [-0.2, 0) is 20.3 Å². The van der Waals surface area contributed by atoms with Gasteiger partial charge in [-0.25, -0.2) is 0 Å².